The van der Waals surface area contributed by atoms with Gasteiger partial charge in [0, 0.05) is 6.42 Å². The Labute approximate surface area is 88.8 Å². The quantitative estimate of drug-likeness (QED) is 0.554. The van der Waals surface area contributed by atoms with Crippen molar-refractivity contribution in [2.75, 3.05) is 0 Å². The summed E-state index contributed by atoms with van der Waals surface area (Å²) in [5.41, 5.74) is 0. The zero-order valence-electron chi connectivity index (χ0n) is 8.06. The highest BCUT2D eigenvalue weighted by Crippen LogP contribution is 2.14. The van der Waals surface area contributed by atoms with Crippen molar-refractivity contribution >= 4 is 28.4 Å². The molecule has 0 aliphatic heterocycles. The minimum absolute atomic E-state index is 0.297. The van der Waals surface area contributed by atoms with Crippen LogP contribution in [0, 0.1) is 5.92 Å². The lowest BCUT2D eigenvalue weighted by Gasteiger charge is -2.00. The van der Waals surface area contributed by atoms with Gasteiger partial charge in [-0.25, -0.2) is 0 Å². The summed E-state index contributed by atoms with van der Waals surface area (Å²) in [4.78, 5) is 11.4. The Morgan fingerprint density at radius 3 is 2.50 bits per heavy atom. The number of unbranched alkanes of at least 4 members (excludes halogenated alkanes) is 1. The molecule has 0 atom stereocenters. The molecule has 0 N–H and O–H groups in total. The molecule has 0 heterocycles. The predicted octanol–water partition coefficient (Wildman–Crippen LogP) is 3.72. The van der Waals surface area contributed by atoms with Gasteiger partial charge in [-0.3, -0.25) is 4.79 Å². The van der Waals surface area contributed by atoms with E-state index < -0.39 is 0 Å². The van der Waals surface area contributed by atoms with Crippen LogP contribution in [0.1, 0.15) is 40.0 Å². The van der Waals surface area contributed by atoms with Crippen LogP contribution < -0.4 is 0 Å². The van der Waals surface area contributed by atoms with E-state index in [4.69, 9.17) is 0 Å². The Hall–Kier alpha value is 0.140. The Morgan fingerprint density at radius 2 is 2.08 bits per heavy atom. The van der Waals surface area contributed by atoms with Gasteiger partial charge in [0.2, 0.25) is 0 Å². The van der Waals surface area contributed by atoms with Crippen LogP contribution in [0.25, 0.3) is 0 Å². The molecule has 2 heteroatoms. The van der Waals surface area contributed by atoms with Gasteiger partial charge in [0.1, 0.15) is 0 Å². The fourth-order valence-electron chi connectivity index (χ4n) is 0.842. The molecule has 0 aliphatic rings. The topological polar surface area (TPSA) is 17.1 Å². The molecule has 1 nitrogen and oxygen atoms in total. The van der Waals surface area contributed by atoms with Gasteiger partial charge in [-0.1, -0.05) is 33.3 Å². The third-order valence-electron chi connectivity index (χ3n) is 1.50. The van der Waals surface area contributed by atoms with E-state index >= 15 is 0 Å². The highest BCUT2D eigenvalue weighted by atomic mass is 127. The van der Waals surface area contributed by atoms with E-state index in [9.17, 15) is 4.79 Å². The molecule has 0 rings (SSSR count). The zero-order valence-corrected chi connectivity index (χ0v) is 10.2. The van der Waals surface area contributed by atoms with Crippen LogP contribution >= 0.6 is 22.6 Å². The molecule has 0 fully saturated rings. The van der Waals surface area contributed by atoms with Crippen molar-refractivity contribution in [3.05, 3.63) is 9.66 Å². The lowest BCUT2D eigenvalue weighted by molar-refractivity contribution is -0.114. The summed E-state index contributed by atoms with van der Waals surface area (Å²) in [6.45, 7) is 6.28. The second-order valence-corrected chi connectivity index (χ2v) is 4.45. The molecule has 0 aliphatic carbocycles. The van der Waals surface area contributed by atoms with E-state index in [1.54, 1.807) is 0 Å². The van der Waals surface area contributed by atoms with Crippen molar-refractivity contribution in [3.8, 4) is 0 Å². The van der Waals surface area contributed by atoms with Crippen LogP contribution in [-0.4, -0.2) is 5.78 Å². The summed E-state index contributed by atoms with van der Waals surface area (Å²) < 4.78 is 0.899. The van der Waals surface area contributed by atoms with Crippen LogP contribution in [-0.2, 0) is 4.79 Å². The zero-order chi connectivity index (χ0) is 9.56. The summed E-state index contributed by atoms with van der Waals surface area (Å²) in [6, 6.07) is 0. The maximum atomic E-state index is 11.4. The molecule has 0 aromatic rings. The molecule has 0 radical (unpaired) electrons. The molecule has 0 spiro atoms. The second kappa shape index (κ2) is 6.63. The maximum Gasteiger partial charge on any atom is 0.168 e. The lowest BCUT2D eigenvalue weighted by atomic mass is 10.1. The average molecular weight is 280 g/mol. The molecule has 0 unspecified atom stereocenters. The van der Waals surface area contributed by atoms with Gasteiger partial charge in [0.25, 0.3) is 0 Å². The Morgan fingerprint density at radius 1 is 1.50 bits per heavy atom. The van der Waals surface area contributed by atoms with Gasteiger partial charge in [0.15, 0.2) is 5.78 Å². The second-order valence-electron chi connectivity index (χ2n) is 3.29. The number of hydrogen-bond donors (Lipinski definition) is 0. The summed E-state index contributed by atoms with van der Waals surface area (Å²) in [5, 5.41) is 0. The first-order valence-electron chi connectivity index (χ1n) is 4.48. The van der Waals surface area contributed by atoms with Crippen molar-refractivity contribution < 1.29 is 4.79 Å². The molecule has 0 saturated carbocycles. The molecule has 0 aromatic carbocycles. The van der Waals surface area contributed by atoms with Gasteiger partial charge in [-0.05, 0) is 34.9 Å². The smallest absolute Gasteiger partial charge is 0.168 e. The molecule has 70 valence electrons. The lowest BCUT2D eigenvalue weighted by Crippen LogP contribution is -1.98. The molecule has 0 amide bonds. The summed E-state index contributed by atoms with van der Waals surface area (Å²) >= 11 is 2.13. The van der Waals surface area contributed by atoms with E-state index in [1.165, 1.54) is 0 Å². The van der Waals surface area contributed by atoms with E-state index in [-0.39, 0.29) is 0 Å². The Kier molecular flexibility index (Phi) is 6.71. The maximum absolute atomic E-state index is 11.4. The van der Waals surface area contributed by atoms with Gasteiger partial charge in [-0.2, -0.15) is 0 Å². The molecule has 12 heavy (non-hydrogen) atoms. The van der Waals surface area contributed by atoms with Crippen molar-refractivity contribution in [1.82, 2.24) is 0 Å². The van der Waals surface area contributed by atoms with Crippen LogP contribution in [0.4, 0.5) is 0 Å². The predicted molar refractivity (Wildman–Crippen MR) is 61.5 cm³/mol. The van der Waals surface area contributed by atoms with Crippen molar-refractivity contribution in [2.45, 2.75) is 40.0 Å². The molecule has 0 bridgehead atoms. The van der Waals surface area contributed by atoms with Crippen molar-refractivity contribution in [3.63, 3.8) is 0 Å². The number of Topliss-reactive ketones (excluding diaryl/α,β-unsaturated/α-hetero) is 1. The standard InChI is InChI=1S/C10H17IO/c1-4-5-6-10(12)9(11)7-8(2)3/h7-8H,4-6H2,1-3H3/b9-7-. The summed E-state index contributed by atoms with van der Waals surface area (Å²) in [6.07, 6.45) is 4.84. The van der Waals surface area contributed by atoms with Crippen LogP contribution in [0.5, 0.6) is 0 Å². The van der Waals surface area contributed by atoms with Crippen molar-refractivity contribution in [2.24, 2.45) is 5.92 Å². The molecular formula is C10H17IO. The van der Waals surface area contributed by atoms with Gasteiger partial charge in [-0.15, -0.1) is 0 Å². The number of carbonyl (C=O) groups excluding carboxylic acids is 1. The van der Waals surface area contributed by atoms with Crippen LogP contribution in [0.2, 0.25) is 0 Å². The Balaban J connectivity index is 3.92. The number of ketones is 1. The van der Waals surface area contributed by atoms with Crippen LogP contribution in [0.3, 0.4) is 0 Å². The van der Waals surface area contributed by atoms with Gasteiger partial charge < -0.3 is 0 Å². The number of hydrogen-bond acceptors (Lipinski definition) is 1. The fraction of sp³-hybridized carbons (Fsp3) is 0.700. The molecular weight excluding hydrogens is 263 g/mol. The first-order valence-corrected chi connectivity index (χ1v) is 5.56. The molecule has 0 saturated heterocycles. The van der Waals surface area contributed by atoms with Gasteiger partial charge >= 0.3 is 0 Å². The van der Waals surface area contributed by atoms with E-state index in [2.05, 4.69) is 43.4 Å². The van der Waals surface area contributed by atoms with Crippen LogP contribution in [0.15, 0.2) is 9.66 Å². The highest BCUT2D eigenvalue weighted by molar-refractivity contribution is 14.1. The SMILES string of the molecule is CCCCC(=O)/C(I)=C/C(C)C. The number of halogens is 1. The monoisotopic (exact) mass is 280 g/mol. The fourth-order valence-corrected chi connectivity index (χ4v) is 1.83. The highest BCUT2D eigenvalue weighted by Gasteiger charge is 2.05. The van der Waals surface area contributed by atoms with E-state index in [0.717, 1.165) is 16.4 Å². The van der Waals surface area contributed by atoms with Gasteiger partial charge in [0.05, 0.1) is 3.58 Å². The average Bonchev–Trinajstić information content (AvgIpc) is 1.98. The third-order valence-corrected chi connectivity index (χ3v) is 2.46. The van der Waals surface area contributed by atoms with Crippen molar-refractivity contribution in [1.29, 1.82) is 0 Å². The van der Waals surface area contributed by atoms with E-state index in [1.807, 2.05) is 6.08 Å². The number of allylic oxidation sites excluding steroid dienone is 2. The summed E-state index contributed by atoms with van der Waals surface area (Å²) in [5.74, 6) is 0.772. The van der Waals surface area contributed by atoms with E-state index in [0.29, 0.717) is 18.1 Å². The first kappa shape index (κ1) is 12.1. The number of rotatable bonds is 5. The third kappa shape index (κ3) is 5.75. The first-order chi connectivity index (χ1) is 5.57. The minimum Gasteiger partial charge on any atom is -0.294 e. The normalized spacial score (nSPS) is 12.2. The summed E-state index contributed by atoms with van der Waals surface area (Å²) in [7, 11) is 0. The number of carbonyl (C=O) groups is 1. The minimum atomic E-state index is 0.297. The molecule has 0 aromatic heterocycles. The largest absolute Gasteiger partial charge is 0.294 e. The Bertz CT molecular complexity index is 171.